The Morgan fingerprint density at radius 2 is 2.14 bits per heavy atom. The van der Waals surface area contributed by atoms with E-state index >= 15 is 0 Å². The Bertz CT molecular complexity index is 532. The molecule has 0 radical (unpaired) electrons. The van der Waals surface area contributed by atoms with Crippen molar-refractivity contribution in [3.63, 3.8) is 0 Å². The van der Waals surface area contributed by atoms with E-state index < -0.39 is 5.97 Å². The molecule has 0 saturated carbocycles. The number of aryl methyl sites for hydroxylation is 1. The summed E-state index contributed by atoms with van der Waals surface area (Å²) >= 11 is 3.42. The van der Waals surface area contributed by atoms with Gasteiger partial charge in [-0.15, -0.1) is 0 Å². The zero-order valence-electron chi connectivity index (χ0n) is 11.9. The largest absolute Gasteiger partial charge is 0.462 e. The molecule has 0 spiro atoms. The quantitative estimate of drug-likeness (QED) is 0.580. The molecule has 1 heterocycles. The molecule has 1 aromatic carbocycles. The molecule has 0 N–H and O–H groups in total. The molecule has 0 unspecified atom stereocenters. The lowest BCUT2D eigenvalue weighted by Gasteiger charge is -2.28. The number of anilines is 1. The molecule has 1 amide bonds. The number of carbonyl (C=O) groups is 2. The monoisotopic (exact) mass is 355 g/mol. The average Bonchev–Trinajstić information content (AvgIpc) is 2.46. The van der Waals surface area contributed by atoms with E-state index in [0.717, 1.165) is 15.7 Å². The number of nitrogens with zero attached hydrogens (tertiary/aromatic N) is 1. The van der Waals surface area contributed by atoms with Crippen LogP contribution in [-0.4, -0.2) is 38.2 Å². The van der Waals surface area contributed by atoms with Gasteiger partial charge in [-0.25, -0.2) is 0 Å². The Kier molecular flexibility index (Phi) is 5.76. The van der Waals surface area contributed by atoms with E-state index in [0.29, 0.717) is 26.1 Å². The van der Waals surface area contributed by atoms with E-state index in [1.54, 1.807) is 0 Å². The molecule has 0 saturated heterocycles. The van der Waals surface area contributed by atoms with Crippen LogP contribution in [0.2, 0.25) is 0 Å². The van der Waals surface area contributed by atoms with Crippen molar-refractivity contribution in [2.45, 2.75) is 19.8 Å². The van der Waals surface area contributed by atoms with Crippen molar-refractivity contribution in [1.29, 1.82) is 0 Å². The van der Waals surface area contributed by atoms with Gasteiger partial charge in [0.05, 0.1) is 6.61 Å². The lowest BCUT2D eigenvalue weighted by Crippen LogP contribution is -2.39. The molecule has 0 fully saturated rings. The summed E-state index contributed by atoms with van der Waals surface area (Å²) in [5.41, 5.74) is 1.85. The third-order valence-corrected chi connectivity index (χ3v) is 3.72. The van der Waals surface area contributed by atoms with Gasteiger partial charge in [0.2, 0.25) is 5.91 Å². The van der Waals surface area contributed by atoms with E-state index in [-0.39, 0.29) is 19.1 Å². The second-order valence-electron chi connectivity index (χ2n) is 4.67. The Hall–Kier alpha value is -1.40. The molecule has 1 aromatic rings. The summed E-state index contributed by atoms with van der Waals surface area (Å²) in [4.78, 5) is 25.3. The number of ether oxygens (including phenoxy) is 2. The van der Waals surface area contributed by atoms with Crippen molar-refractivity contribution in [2.75, 3.05) is 31.3 Å². The highest BCUT2D eigenvalue weighted by Crippen LogP contribution is 2.30. The average molecular weight is 356 g/mol. The molecule has 1 aliphatic rings. The number of benzene rings is 1. The topological polar surface area (TPSA) is 55.8 Å². The molecule has 5 nitrogen and oxygen atoms in total. The first-order chi connectivity index (χ1) is 10.1. The van der Waals surface area contributed by atoms with E-state index in [4.69, 9.17) is 9.47 Å². The number of hydrogen-bond acceptors (Lipinski definition) is 4. The first kappa shape index (κ1) is 16.0. The SMILES string of the molecule is CCOCCOC(=O)CN1C(=O)CCc2cc(Br)ccc21. The Morgan fingerprint density at radius 3 is 2.90 bits per heavy atom. The van der Waals surface area contributed by atoms with Crippen LogP contribution in [0.1, 0.15) is 18.9 Å². The minimum Gasteiger partial charge on any atom is -0.462 e. The van der Waals surface area contributed by atoms with Gasteiger partial charge in [-0.3, -0.25) is 9.59 Å². The van der Waals surface area contributed by atoms with Crippen LogP contribution in [0.4, 0.5) is 5.69 Å². The molecule has 6 heteroatoms. The van der Waals surface area contributed by atoms with Crippen molar-refractivity contribution in [3.05, 3.63) is 28.2 Å². The van der Waals surface area contributed by atoms with Crippen LogP contribution in [0.15, 0.2) is 22.7 Å². The number of amides is 1. The Labute approximate surface area is 132 Å². The molecule has 0 bridgehead atoms. The third kappa shape index (κ3) is 4.28. The van der Waals surface area contributed by atoms with Crippen molar-refractivity contribution in [3.8, 4) is 0 Å². The fourth-order valence-electron chi connectivity index (χ4n) is 2.24. The summed E-state index contributed by atoms with van der Waals surface area (Å²) in [6.45, 7) is 2.99. The number of esters is 1. The Balaban J connectivity index is 1.99. The summed E-state index contributed by atoms with van der Waals surface area (Å²) in [5, 5.41) is 0. The summed E-state index contributed by atoms with van der Waals surface area (Å²) in [6.07, 6.45) is 1.11. The molecule has 114 valence electrons. The number of rotatable bonds is 6. The normalized spacial score (nSPS) is 14.0. The van der Waals surface area contributed by atoms with Gasteiger partial charge in [0.1, 0.15) is 13.2 Å². The molecular formula is C15H18BrNO4. The Morgan fingerprint density at radius 1 is 1.33 bits per heavy atom. The maximum absolute atomic E-state index is 12.0. The van der Waals surface area contributed by atoms with Gasteiger partial charge < -0.3 is 14.4 Å². The third-order valence-electron chi connectivity index (χ3n) is 3.22. The molecule has 0 aromatic heterocycles. The zero-order valence-corrected chi connectivity index (χ0v) is 13.5. The predicted molar refractivity (Wildman–Crippen MR) is 82.3 cm³/mol. The smallest absolute Gasteiger partial charge is 0.326 e. The minimum absolute atomic E-state index is 0.0495. The maximum atomic E-state index is 12.0. The maximum Gasteiger partial charge on any atom is 0.326 e. The van der Waals surface area contributed by atoms with E-state index in [1.807, 2.05) is 25.1 Å². The van der Waals surface area contributed by atoms with Crippen molar-refractivity contribution in [1.82, 2.24) is 0 Å². The van der Waals surface area contributed by atoms with E-state index in [9.17, 15) is 9.59 Å². The molecule has 2 rings (SSSR count). The van der Waals surface area contributed by atoms with Crippen LogP contribution >= 0.6 is 15.9 Å². The van der Waals surface area contributed by atoms with Gasteiger partial charge >= 0.3 is 5.97 Å². The highest BCUT2D eigenvalue weighted by molar-refractivity contribution is 9.10. The van der Waals surface area contributed by atoms with Crippen LogP contribution in [-0.2, 0) is 25.5 Å². The standard InChI is InChI=1S/C15H18BrNO4/c1-2-20-7-8-21-15(19)10-17-13-5-4-12(16)9-11(13)3-6-14(17)18/h4-5,9H,2-3,6-8,10H2,1H3. The lowest BCUT2D eigenvalue weighted by atomic mass is 10.0. The van der Waals surface area contributed by atoms with Crippen molar-refractivity contribution in [2.24, 2.45) is 0 Å². The van der Waals surface area contributed by atoms with Gasteiger partial charge in [0.15, 0.2) is 0 Å². The number of fused-ring (bicyclic) bond motifs is 1. The van der Waals surface area contributed by atoms with Gasteiger partial charge in [-0.1, -0.05) is 15.9 Å². The van der Waals surface area contributed by atoms with E-state index in [2.05, 4.69) is 15.9 Å². The number of hydrogen-bond donors (Lipinski definition) is 0. The zero-order chi connectivity index (χ0) is 15.2. The molecular weight excluding hydrogens is 338 g/mol. The van der Waals surface area contributed by atoms with Gasteiger partial charge in [0, 0.05) is 23.2 Å². The van der Waals surface area contributed by atoms with Gasteiger partial charge in [-0.05, 0) is 37.1 Å². The predicted octanol–water partition coefficient (Wildman–Crippen LogP) is 2.31. The second-order valence-corrected chi connectivity index (χ2v) is 5.59. The highest BCUT2D eigenvalue weighted by Gasteiger charge is 2.26. The molecule has 21 heavy (non-hydrogen) atoms. The molecule has 0 atom stereocenters. The van der Waals surface area contributed by atoms with Crippen LogP contribution in [0, 0.1) is 0 Å². The van der Waals surface area contributed by atoms with Crippen LogP contribution in [0.5, 0.6) is 0 Å². The summed E-state index contributed by atoms with van der Waals surface area (Å²) in [5.74, 6) is -0.467. The highest BCUT2D eigenvalue weighted by atomic mass is 79.9. The van der Waals surface area contributed by atoms with Gasteiger partial charge in [-0.2, -0.15) is 0 Å². The van der Waals surface area contributed by atoms with Gasteiger partial charge in [0.25, 0.3) is 0 Å². The number of halogens is 1. The second kappa shape index (κ2) is 7.56. The summed E-state index contributed by atoms with van der Waals surface area (Å²) in [7, 11) is 0. The van der Waals surface area contributed by atoms with Crippen LogP contribution in [0.3, 0.4) is 0 Å². The van der Waals surface area contributed by atoms with Crippen molar-refractivity contribution < 1.29 is 19.1 Å². The summed E-state index contributed by atoms with van der Waals surface area (Å²) in [6, 6.07) is 5.70. The summed E-state index contributed by atoms with van der Waals surface area (Å²) < 4.78 is 11.1. The van der Waals surface area contributed by atoms with Crippen molar-refractivity contribution >= 4 is 33.5 Å². The minimum atomic E-state index is -0.418. The number of carbonyl (C=O) groups excluding carboxylic acids is 2. The molecule has 0 aliphatic carbocycles. The van der Waals surface area contributed by atoms with E-state index in [1.165, 1.54) is 4.90 Å². The first-order valence-electron chi connectivity index (χ1n) is 6.94. The lowest BCUT2D eigenvalue weighted by molar-refractivity contribution is -0.144. The fourth-order valence-corrected chi connectivity index (χ4v) is 2.64. The first-order valence-corrected chi connectivity index (χ1v) is 7.73. The fraction of sp³-hybridized carbons (Fsp3) is 0.467. The molecule has 1 aliphatic heterocycles. The van der Waals surface area contributed by atoms with Crippen LogP contribution in [0.25, 0.3) is 0 Å². The van der Waals surface area contributed by atoms with Crippen LogP contribution < -0.4 is 4.90 Å².